The number of aromatic nitrogens is 2. The average molecular weight is 289 g/mol. The normalized spacial score (nSPS) is 12.0. The van der Waals surface area contributed by atoms with Gasteiger partial charge in [-0.25, -0.2) is 9.97 Å². The summed E-state index contributed by atoms with van der Waals surface area (Å²) >= 11 is 1.50. The number of fused-ring (bicyclic) bond motifs is 1. The van der Waals surface area contributed by atoms with Crippen molar-refractivity contribution in [3.05, 3.63) is 17.3 Å². The largest absolute Gasteiger partial charge is 0.389 e. The molecular weight excluding hydrogens is 275 g/mol. The molecule has 0 unspecified atom stereocenters. The average Bonchev–Trinajstić information content (AvgIpc) is 2.81. The van der Waals surface area contributed by atoms with E-state index in [1.165, 1.54) is 11.3 Å². The molecule has 2 aromatic rings. The number of anilines is 1. The van der Waals surface area contributed by atoms with E-state index in [9.17, 15) is 13.2 Å². The third-order valence-electron chi connectivity index (χ3n) is 2.62. The van der Waals surface area contributed by atoms with Crippen LogP contribution in [0.15, 0.2) is 11.4 Å². The second-order valence-electron chi connectivity index (χ2n) is 4.13. The highest BCUT2D eigenvalue weighted by Crippen LogP contribution is 2.26. The lowest BCUT2D eigenvalue weighted by molar-refractivity contribution is -0.134. The van der Waals surface area contributed by atoms with Gasteiger partial charge in [0.25, 0.3) is 0 Å². The van der Waals surface area contributed by atoms with E-state index in [4.69, 9.17) is 0 Å². The minimum Gasteiger partial charge on any atom is -0.369 e. The number of nitrogens with one attached hydrogen (secondary N) is 1. The van der Waals surface area contributed by atoms with E-state index in [-0.39, 0.29) is 13.0 Å². The van der Waals surface area contributed by atoms with Crippen molar-refractivity contribution in [3.63, 3.8) is 0 Å². The standard InChI is InChI=1S/C12H14F3N3S/c1-2-9-17-10(8-4-7-19-11(8)18-9)16-6-3-5-12(13,14)15/h4,7H,2-3,5-6H2,1H3,(H,16,17,18). The van der Waals surface area contributed by atoms with E-state index in [2.05, 4.69) is 15.3 Å². The second kappa shape index (κ2) is 5.73. The maximum atomic E-state index is 12.1. The van der Waals surface area contributed by atoms with Crippen molar-refractivity contribution in [2.45, 2.75) is 32.4 Å². The molecule has 0 aliphatic carbocycles. The van der Waals surface area contributed by atoms with Crippen LogP contribution in [0.1, 0.15) is 25.6 Å². The van der Waals surface area contributed by atoms with Crippen LogP contribution < -0.4 is 5.32 Å². The van der Waals surface area contributed by atoms with Crippen molar-refractivity contribution in [2.24, 2.45) is 0 Å². The third-order valence-corrected chi connectivity index (χ3v) is 3.42. The van der Waals surface area contributed by atoms with Crippen molar-refractivity contribution in [3.8, 4) is 0 Å². The van der Waals surface area contributed by atoms with E-state index in [1.807, 2.05) is 18.4 Å². The van der Waals surface area contributed by atoms with Gasteiger partial charge in [0.15, 0.2) is 0 Å². The molecule has 2 rings (SSSR count). The Kier molecular flexibility index (Phi) is 4.24. The number of aryl methyl sites for hydroxylation is 1. The summed E-state index contributed by atoms with van der Waals surface area (Å²) < 4.78 is 36.2. The lowest BCUT2D eigenvalue weighted by Crippen LogP contribution is -2.12. The monoisotopic (exact) mass is 289 g/mol. The highest BCUT2D eigenvalue weighted by Gasteiger charge is 2.25. The Balaban J connectivity index is 2.05. The van der Waals surface area contributed by atoms with Gasteiger partial charge in [-0.2, -0.15) is 13.2 Å². The Morgan fingerprint density at radius 2 is 2.11 bits per heavy atom. The summed E-state index contributed by atoms with van der Waals surface area (Å²) in [7, 11) is 0. The van der Waals surface area contributed by atoms with Gasteiger partial charge in [-0.15, -0.1) is 11.3 Å². The Hall–Kier alpha value is -1.37. The van der Waals surface area contributed by atoms with Gasteiger partial charge >= 0.3 is 6.18 Å². The first-order valence-electron chi connectivity index (χ1n) is 6.04. The minimum atomic E-state index is -4.10. The predicted molar refractivity (Wildman–Crippen MR) is 70.6 cm³/mol. The lowest BCUT2D eigenvalue weighted by Gasteiger charge is -2.09. The summed E-state index contributed by atoms with van der Waals surface area (Å²) in [5.74, 6) is 1.33. The number of hydrogen-bond acceptors (Lipinski definition) is 4. The van der Waals surface area contributed by atoms with Crippen molar-refractivity contribution >= 4 is 27.4 Å². The van der Waals surface area contributed by atoms with Crippen LogP contribution in [0, 0.1) is 0 Å². The number of thiophene rings is 1. The van der Waals surface area contributed by atoms with Gasteiger partial charge < -0.3 is 5.32 Å². The molecule has 0 saturated carbocycles. The first-order valence-corrected chi connectivity index (χ1v) is 6.92. The van der Waals surface area contributed by atoms with Gasteiger partial charge in [0, 0.05) is 19.4 Å². The second-order valence-corrected chi connectivity index (χ2v) is 5.02. The highest BCUT2D eigenvalue weighted by atomic mass is 32.1. The topological polar surface area (TPSA) is 37.8 Å². The van der Waals surface area contributed by atoms with E-state index in [0.717, 1.165) is 10.2 Å². The van der Waals surface area contributed by atoms with Crippen LogP contribution in [-0.4, -0.2) is 22.7 Å². The number of halogens is 3. The van der Waals surface area contributed by atoms with Gasteiger partial charge in [0.05, 0.1) is 5.39 Å². The van der Waals surface area contributed by atoms with Gasteiger partial charge in [0.2, 0.25) is 0 Å². The van der Waals surface area contributed by atoms with Crippen LogP contribution >= 0.6 is 11.3 Å². The summed E-state index contributed by atoms with van der Waals surface area (Å²) in [5, 5.41) is 5.75. The van der Waals surface area contributed by atoms with Crippen molar-refractivity contribution in [1.82, 2.24) is 9.97 Å². The maximum Gasteiger partial charge on any atom is 0.389 e. The van der Waals surface area contributed by atoms with Crippen molar-refractivity contribution in [1.29, 1.82) is 0 Å². The fraction of sp³-hybridized carbons (Fsp3) is 0.500. The number of alkyl halides is 3. The molecule has 0 aromatic carbocycles. The quantitative estimate of drug-likeness (QED) is 0.845. The zero-order valence-electron chi connectivity index (χ0n) is 10.4. The molecule has 0 radical (unpaired) electrons. The SMILES string of the molecule is CCc1nc(NCCCC(F)(F)F)c2ccsc2n1. The molecule has 0 bridgehead atoms. The minimum absolute atomic E-state index is 0.0423. The zero-order valence-corrected chi connectivity index (χ0v) is 11.2. The van der Waals surface area contributed by atoms with Crippen LogP contribution in [0.4, 0.5) is 19.0 Å². The Labute approximate surface area is 112 Å². The molecule has 0 atom stereocenters. The predicted octanol–water partition coefficient (Wildman–Crippen LogP) is 4.01. The lowest BCUT2D eigenvalue weighted by atomic mass is 10.3. The number of hydrogen-bond donors (Lipinski definition) is 1. The molecule has 3 nitrogen and oxygen atoms in total. The highest BCUT2D eigenvalue weighted by molar-refractivity contribution is 7.16. The van der Waals surface area contributed by atoms with Gasteiger partial charge in [-0.05, 0) is 17.9 Å². The fourth-order valence-electron chi connectivity index (χ4n) is 1.69. The van der Waals surface area contributed by atoms with E-state index in [1.54, 1.807) is 0 Å². The Bertz CT molecular complexity index is 551. The number of nitrogens with zero attached hydrogens (tertiary/aromatic N) is 2. The molecule has 2 heterocycles. The Morgan fingerprint density at radius 3 is 2.79 bits per heavy atom. The van der Waals surface area contributed by atoms with Crippen LogP contribution in [0.2, 0.25) is 0 Å². The first-order chi connectivity index (χ1) is 8.99. The van der Waals surface area contributed by atoms with Crippen molar-refractivity contribution < 1.29 is 13.2 Å². The van der Waals surface area contributed by atoms with Crippen molar-refractivity contribution in [2.75, 3.05) is 11.9 Å². The molecule has 0 fully saturated rings. The molecular formula is C12H14F3N3S. The van der Waals surface area contributed by atoms with Crippen LogP contribution in [0.25, 0.3) is 10.2 Å². The molecule has 0 aliphatic rings. The number of rotatable bonds is 5. The summed E-state index contributed by atoms with van der Waals surface area (Å²) in [6.07, 6.45) is -4.14. The summed E-state index contributed by atoms with van der Waals surface area (Å²) in [4.78, 5) is 9.56. The van der Waals surface area contributed by atoms with E-state index < -0.39 is 12.6 Å². The van der Waals surface area contributed by atoms with Gasteiger partial charge in [0.1, 0.15) is 16.5 Å². The Morgan fingerprint density at radius 1 is 1.32 bits per heavy atom. The molecule has 104 valence electrons. The molecule has 0 spiro atoms. The first kappa shape index (κ1) is 14.0. The van der Waals surface area contributed by atoms with Crippen LogP contribution in [0.3, 0.4) is 0 Å². The molecule has 0 saturated heterocycles. The smallest absolute Gasteiger partial charge is 0.369 e. The van der Waals surface area contributed by atoms with Gasteiger partial charge in [-0.3, -0.25) is 0 Å². The van der Waals surface area contributed by atoms with E-state index in [0.29, 0.717) is 18.1 Å². The molecule has 7 heteroatoms. The molecule has 0 amide bonds. The van der Waals surface area contributed by atoms with Crippen LogP contribution in [0.5, 0.6) is 0 Å². The summed E-state index contributed by atoms with van der Waals surface area (Å²) in [5.41, 5.74) is 0. The van der Waals surface area contributed by atoms with E-state index >= 15 is 0 Å². The molecule has 0 aliphatic heterocycles. The zero-order chi connectivity index (χ0) is 13.9. The summed E-state index contributed by atoms with van der Waals surface area (Å²) in [6.45, 7) is 2.20. The molecule has 19 heavy (non-hydrogen) atoms. The summed E-state index contributed by atoms with van der Waals surface area (Å²) in [6, 6.07) is 1.88. The van der Waals surface area contributed by atoms with Gasteiger partial charge in [-0.1, -0.05) is 6.92 Å². The third kappa shape index (κ3) is 3.79. The molecule has 2 aromatic heterocycles. The fourth-order valence-corrected chi connectivity index (χ4v) is 2.47. The molecule has 1 N–H and O–H groups in total. The van der Waals surface area contributed by atoms with Crippen LogP contribution in [-0.2, 0) is 6.42 Å². The maximum absolute atomic E-state index is 12.1.